The highest BCUT2D eigenvalue weighted by molar-refractivity contribution is 5.78. The van der Waals surface area contributed by atoms with Crippen molar-refractivity contribution in [3.05, 3.63) is 71.3 Å². The van der Waals surface area contributed by atoms with Crippen LogP contribution in [0.15, 0.2) is 54.6 Å². The summed E-state index contributed by atoms with van der Waals surface area (Å²) in [6.07, 6.45) is 0.742. The van der Waals surface area contributed by atoms with Gasteiger partial charge in [0.05, 0.1) is 5.92 Å². The highest BCUT2D eigenvalue weighted by Crippen LogP contribution is 2.26. The van der Waals surface area contributed by atoms with Gasteiger partial charge in [-0.2, -0.15) is 0 Å². The molecule has 0 saturated carbocycles. The minimum Gasteiger partial charge on any atom is -0.455 e. The van der Waals surface area contributed by atoms with Crippen molar-refractivity contribution in [2.45, 2.75) is 52.2 Å². The van der Waals surface area contributed by atoms with Crippen molar-refractivity contribution in [2.24, 2.45) is 5.92 Å². The second-order valence-corrected chi connectivity index (χ2v) is 7.41. The number of carbonyl (C=O) groups is 1. The van der Waals surface area contributed by atoms with Gasteiger partial charge in [0, 0.05) is 6.04 Å². The first kappa shape index (κ1) is 20.2. The molecule has 0 aliphatic rings. The maximum atomic E-state index is 12.8. The zero-order chi connectivity index (χ0) is 19.1. The first-order valence-corrected chi connectivity index (χ1v) is 9.44. The number of likely N-dealkylation sites (N-methyl/N-ethyl adjacent to an activating group) is 1. The summed E-state index contributed by atoms with van der Waals surface area (Å²) < 4.78 is 5.90. The molecule has 140 valence electrons. The topological polar surface area (TPSA) is 38.3 Å². The lowest BCUT2D eigenvalue weighted by molar-refractivity contribution is -0.152. The number of hydrogen-bond acceptors (Lipinski definition) is 3. The van der Waals surface area contributed by atoms with Crippen molar-refractivity contribution in [3.8, 4) is 0 Å². The van der Waals surface area contributed by atoms with Crippen molar-refractivity contribution >= 4 is 5.97 Å². The molecule has 1 N–H and O–H groups in total. The fourth-order valence-electron chi connectivity index (χ4n) is 3.03. The van der Waals surface area contributed by atoms with Crippen LogP contribution in [0.2, 0.25) is 0 Å². The number of hydrogen-bond donors (Lipinski definition) is 1. The molecule has 3 heteroatoms. The van der Waals surface area contributed by atoms with Crippen LogP contribution in [0.3, 0.4) is 0 Å². The van der Waals surface area contributed by atoms with Gasteiger partial charge >= 0.3 is 5.97 Å². The SMILES string of the molecule is CNC(C)C(OC(=O)C(C)c1ccc(CC(C)C)cc1)c1ccccc1. The van der Waals surface area contributed by atoms with E-state index < -0.39 is 0 Å². The standard InChI is InChI=1S/C23H31NO2/c1-16(2)15-19-11-13-20(14-12-19)17(3)23(25)26-22(18(4)24-5)21-9-7-6-8-10-21/h6-14,16-18,22,24H,15H2,1-5H3. The van der Waals surface area contributed by atoms with Crippen LogP contribution in [0.5, 0.6) is 0 Å². The third-order valence-corrected chi connectivity index (χ3v) is 4.76. The average Bonchev–Trinajstić information content (AvgIpc) is 2.65. The Hall–Kier alpha value is -2.13. The second-order valence-electron chi connectivity index (χ2n) is 7.41. The van der Waals surface area contributed by atoms with Crippen LogP contribution in [-0.4, -0.2) is 19.1 Å². The molecule has 0 aliphatic carbocycles. The molecule has 2 aromatic carbocycles. The van der Waals surface area contributed by atoms with Gasteiger partial charge in [-0.25, -0.2) is 0 Å². The molecule has 2 aromatic rings. The molecule has 0 spiro atoms. The summed E-state index contributed by atoms with van der Waals surface area (Å²) in [5.41, 5.74) is 3.30. The Morgan fingerprint density at radius 3 is 2.08 bits per heavy atom. The largest absolute Gasteiger partial charge is 0.455 e. The third-order valence-electron chi connectivity index (χ3n) is 4.76. The Labute approximate surface area is 157 Å². The predicted molar refractivity (Wildman–Crippen MR) is 107 cm³/mol. The van der Waals surface area contributed by atoms with E-state index in [1.807, 2.05) is 63.4 Å². The van der Waals surface area contributed by atoms with Crippen LogP contribution in [0, 0.1) is 5.92 Å². The van der Waals surface area contributed by atoms with Crippen LogP contribution in [0.25, 0.3) is 0 Å². The lowest BCUT2D eigenvalue weighted by Gasteiger charge is -2.26. The van der Waals surface area contributed by atoms with E-state index in [-0.39, 0.29) is 24.0 Å². The Morgan fingerprint density at radius 1 is 0.923 bits per heavy atom. The fraction of sp³-hybridized carbons (Fsp3) is 0.435. The number of ether oxygens (including phenoxy) is 1. The summed E-state index contributed by atoms with van der Waals surface area (Å²) in [5, 5.41) is 3.20. The molecule has 26 heavy (non-hydrogen) atoms. The Bertz CT molecular complexity index is 679. The zero-order valence-corrected chi connectivity index (χ0v) is 16.5. The number of carbonyl (C=O) groups excluding carboxylic acids is 1. The number of esters is 1. The predicted octanol–water partition coefficient (Wildman–Crippen LogP) is 4.88. The van der Waals surface area contributed by atoms with E-state index >= 15 is 0 Å². The molecule has 0 bridgehead atoms. The molecule has 0 saturated heterocycles. The van der Waals surface area contributed by atoms with Gasteiger partial charge in [0.2, 0.25) is 0 Å². The first-order valence-electron chi connectivity index (χ1n) is 9.44. The molecule has 3 nitrogen and oxygen atoms in total. The van der Waals surface area contributed by atoms with Crippen molar-refractivity contribution in [2.75, 3.05) is 7.05 Å². The van der Waals surface area contributed by atoms with Crippen LogP contribution in [-0.2, 0) is 16.0 Å². The van der Waals surface area contributed by atoms with Crippen molar-refractivity contribution in [3.63, 3.8) is 0 Å². The molecule has 0 amide bonds. The van der Waals surface area contributed by atoms with E-state index in [1.54, 1.807) is 0 Å². The van der Waals surface area contributed by atoms with Gasteiger partial charge < -0.3 is 10.1 Å². The van der Waals surface area contributed by atoms with Crippen LogP contribution >= 0.6 is 0 Å². The number of benzene rings is 2. The molecule has 0 fully saturated rings. The Kier molecular flexibility index (Phi) is 7.40. The summed E-state index contributed by atoms with van der Waals surface area (Å²) in [5.74, 6) is 0.133. The van der Waals surface area contributed by atoms with Gasteiger partial charge in [-0.05, 0) is 49.9 Å². The lowest BCUT2D eigenvalue weighted by atomic mass is 9.96. The highest BCUT2D eigenvalue weighted by Gasteiger charge is 2.26. The van der Waals surface area contributed by atoms with Gasteiger partial charge in [0.15, 0.2) is 0 Å². The zero-order valence-electron chi connectivity index (χ0n) is 16.5. The maximum Gasteiger partial charge on any atom is 0.313 e. The molecular weight excluding hydrogens is 322 g/mol. The Morgan fingerprint density at radius 2 is 1.54 bits per heavy atom. The van der Waals surface area contributed by atoms with E-state index in [0.29, 0.717) is 5.92 Å². The van der Waals surface area contributed by atoms with Gasteiger partial charge in [-0.1, -0.05) is 68.4 Å². The van der Waals surface area contributed by atoms with Crippen LogP contribution in [0.4, 0.5) is 0 Å². The van der Waals surface area contributed by atoms with Crippen LogP contribution in [0.1, 0.15) is 56.4 Å². The molecule has 0 heterocycles. The highest BCUT2D eigenvalue weighted by atomic mass is 16.5. The molecule has 0 aromatic heterocycles. The quantitative estimate of drug-likeness (QED) is 0.687. The van der Waals surface area contributed by atoms with Crippen molar-refractivity contribution < 1.29 is 9.53 Å². The van der Waals surface area contributed by atoms with Crippen molar-refractivity contribution in [1.82, 2.24) is 5.32 Å². The van der Waals surface area contributed by atoms with E-state index in [2.05, 4.69) is 31.3 Å². The second kappa shape index (κ2) is 9.54. The third kappa shape index (κ3) is 5.43. The normalized spacial score (nSPS) is 14.7. The summed E-state index contributed by atoms with van der Waals surface area (Å²) >= 11 is 0. The summed E-state index contributed by atoms with van der Waals surface area (Å²) in [4.78, 5) is 12.8. The van der Waals surface area contributed by atoms with Gasteiger partial charge in [-0.15, -0.1) is 0 Å². The van der Waals surface area contributed by atoms with Gasteiger partial charge in [0.1, 0.15) is 6.10 Å². The summed E-state index contributed by atoms with van der Waals surface area (Å²) in [6, 6.07) is 18.2. The fourth-order valence-corrected chi connectivity index (χ4v) is 3.03. The smallest absolute Gasteiger partial charge is 0.313 e. The average molecular weight is 354 g/mol. The first-order chi connectivity index (χ1) is 12.4. The van der Waals surface area contributed by atoms with E-state index in [9.17, 15) is 4.79 Å². The minimum absolute atomic E-state index is 0.0296. The summed E-state index contributed by atoms with van der Waals surface area (Å²) in [6.45, 7) is 8.35. The minimum atomic E-state index is -0.309. The molecule has 0 radical (unpaired) electrons. The van der Waals surface area contributed by atoms with Crippen LogP contribution < -0.4 is 5.32 Å². The molecule has 3 unspecified atom stereocenters. The van der Waals surface area contributed by atoms with E-state index in [1.165, 1.54) is 5.56 Å². The van der Waals surface area contributed by atoms with E-state index in [4.69, 9.17) is 4.74 Å². The monoisotopic (exact) mass is 353 g/mol. The van der Waals surface area contributed by atoms with E-state index in [0.717, 1.165) is 17.5 Å². The number of rotatable bonds is 8. The molecule has 0 aliphatic heterocycles. The molecule has 3 atom stereocenters. The molecular formula is C23H31NO2. The number of nitrogens with one attached hydrogen (secondary N) is 1. The van der Waals surface area contributed by atoms with Gasteiger partial charge in [-0.3, -0.25) is 4.79 Å². The summed E-state index contributed by atoms with van der Waals surface area (Å²) in [7, 11) is 1.88. The van der Waals surface area contributed by atoms with Crippen molar-refractivity contribution in [1.29, 1.82) is 0 Å². The lowest BCUT2D eigenvalue weighted by Crippen LogP contribution is -2.33. The Balaban J connectivity index is 2.10. The van der Waals surface area contributed by atoms with Gasteiger partial charge in [0.25, 0.3) is 0 Å². The molecule has 2 rings (SSSR count). The maximum absolute atomic E-state index is 12.8.